The molecular weight excluding hydrogens is 156 g/mol. The topological polar surface area (TPSA) is 63.0 Å². The molecule has 12 heavy (non-hydrogen) atoms. The normalized spacial score (nSPS) is 13.2. The van der Waals surface area contributed by atoms with Gasteiger partial charge in [0.2, 0.25) is 0 Å². The quantitative estimate of drug-likeness (QED) is 0.571. The first kappa shape index (κ1) is 9.15. The van der Waals surface area contributed by atoms with Gasteiger partial charge in [-0.2, -0.15) is 0 Å². The van der Waals surface area contributed by atoms with Gasteiger partial charge in [-0.15, -0.1) is 10.2 Å². The van der Waals surface area contributed by atoms with E-state index in [1.807, 2.05) is 4.57 Å². The van der Waals surface area contributed by atoms with Gasteiger partial charge in [-0.25, -0.2) is 0 Å². The van der Waals surface area contributed by atoms with E-state index in [2.05, 4.69) is 15.5 Å². The molecule has 1 aromatic heterocycles. The molecule has 0 spiro atoms. The molecule has 0 amide bonds. The Morgan fingerprint density at radius 3 is 2.75 bits per heavy atom. The van der Waals surface area contributed by atoms with Gasteiger partial charge in [-0.1, -0.05) is 0 Å². The van der Waals surface area contributed by atoms with Gasteiger partial charge in [0.15, 0.2) is 0 Å². The standard InChI is InChI=1S/C7H14N4O/c1-7(12)4-8-2-3-11-5-9-10-6-11/h5-8,12H,2-4H2,1H3. The summed E-state index contributed by atoms with van der Waals surface area (Å²) in [4.78, 5) is 0. The summed E-state index contributed by atoms with van der Waals surface area (Å²) >= 11 is 0. The van der Waals surface area contributed by atoms with Crippen LogP contribution in [-0.2, 0) is 6.54 Å². The molecule has 0 radical (unpaired) electrons. The fraction of sp³-hybridized carbons (Fsp3) is 0.714. The number of hydrogen-bond donors (Lipinski definition) is 2. The van der Waals surface area contributed by atoms with E-state index in [9.17, 15) is 0 Å². The number of hydrogen-bond acceptors (Lipinski definition) is 4. The molecule has 1 aromatic rings. The Balaban J connectivity index is 2.04. The second-order valence-corrected chi connectivity index (χ2v) is 2.75. The van der Waals surface area contributed by atoms with E-state index in [1.165, 1.54) is 0 Å². The molecule has 2 N–H and O–H groups in total. The molecule has 0 bridgehead atoms. The summed E-state index contributed by atoms with van der Waals surface area (Å²) in [7, 11) is 0. The molecule has 0 fully saturated rings. The third-order valence-electron chi connectivity index (χ3n) is 1.45. The highest BCUT2D eigenvalue weighted by atomic mass is 16.3. The predicted octanol–water partition coefficient (Wildman–Crippen LogP) is -0.752. The average Bonchev–Trinajstić information content (AvgIpc) is 2.49. The van der Waals surface area contributed by atoms with Gasteiger partial charge in [-0.3, -0.25) is 0 Å². The summed E-state index contributed by atoms with van der Waals surface area (Å²) in [6, 6.07) is 0. The van der Waals surface area contributed by atoms with Crippen LogP contribution in [0.3, 0.4) is 0 Å². The van der Waals surface area contributed by atoms with Gasteiger partial charge in [0.05, 0.1) is 6.10 Å². The maximum absolute atomic E-state index is 8.92. The molecule has 0 aliphatic carbocycles. The van der Waals surface area contributed by atoms with Crippen molar-refractivity contribution in [3.8, 4) is 0 Å². The fourth-order valence-electron chi connectivity index (χ4n) is 0.857. The lowest BCUT2D eigenvalue weighted by atomic mass is 10.4. The van der Waals surface area contributed by atoms with Crippen LogP contribution >= 0.6 is 0 Å². The van der Waals surface area contributed by atoms with Crippen molar-refractivity contribution in [3.63, 3.8) is 0 Å². The van der Waals surface area contributed by atoms with Crippen LogP contribution < -0.4 is 5.32 Å². The Morgan fingerprint density at radius 2 is 2.17 bits per heavy atom. The van der Waals surface area contributed by atoms with Crippen molar-refractivity contribution < 1.29 is 5.11 Å². The smallest absolute Gasteiger partial charge is 0.119 e. The van der Waals surface area contributed by atoms with Crippen LogP contribution in [0.4, 0.5) is 0 Å². The molecule has 68 valence electrons. The van der Waals surface area contributed by atoms with Crippen LogP contribution in [-0.4, -0.2) is 39.1 Å². The molecule has 0 saturated carbocycles. The molecule has 1 heterocycles. The number of aliphatic hydroxyl groups is 1. The molecule has 0 saturated heterocycles. The molecule has 1 rings (SSSR count). The zero-order chi connectivity index (χ0) is 8.81. The summed E-state index contributed by atoms with van der Waals surface area (Å²) in [5.74, 6) is 0. The minimum Gasteiger partial charge on any atom is -0.392 e. The highest BCUT2D eigenvalue weighted by Gasteiger charge is 1.94. The summed E-state index contributed by atoms with van der Waals surface area (Å²) in [6.07, 6.45) is 3.06. The van der Waals surface area contributed by atoms with E-state index in [0.29, 0.717) is 6.54 Å². The van der Waals surface area contributed by atoms with Crippen LogP contribution in [0.1, 0.15) is 6.92 Å². The lowest BCUT2D eigenvalue weighted by Gasteiger charge is -2.06. The monoisotopic (exact) mass is 170 g/mol. The van der Waals surface area contributed by atoms with Crippen LogP contribution in [0, 0.1) is 0 Å². The van der Waals surface area contributed by atoms with Gasteiger partial charge < -0.3 is 15.0 Å². The lowest BCUT2D eigenvalue weighted by Crippen LogP contribution is -2.27. The van der Waals surface area contributed by atoms with E-state index in [4.69, 9.17) is 5.11 Å². The van der Waals surface area contributed by atoms with Crippen molar-refractivity contribution in [2.45, 2.75) is 19.6 Å². The molecular formula is C7H14N4O. The van der Waals surface area contributed by atoms with Crippen LogP contribution in [0.2, 0.25) is 0 Å². The number of nitrogens with zero attached hydrogens (tertiary/aromatic N) is 3. The van der Waals surface area contributed by atoms with Gasteiger partial charge in [-0.05, 0) is 6.92 Å². The Hall–Kier alpha value is -0.940. The predicted molar refractivity (Wildman–Crippen MR) is 44.6 cm³/mol. The van der Waals surface area contributed by atoms with Gasteiger partial charge in [0.1, 0.15) is 12.7 Å². The van der Waals surface area contributed by atoms with Gasteiger partial charge >= 0.3 is 0 Å². The first-order valence-corrected chi connectivity index (χ1v) is 4.00. The maximum Gasteiger partial charge on any atom is 0.119 e. The molecule has 0 aliphatic rings. The highest BCUT2D eigenvalue weighted by Crippen LogP contribution is 1.80. The molecule has 5 nitrogen and oxygen atoms in total. The minimum atomic E-state index is -0.286. The van der Waals surface area contributed by atoms with Gasteiger partial charge in [0, 0.05) is 19.6 Å². The Bertz CT molecular complexity index is 197. The zero-order valence-electron chi connectivity index (χ0n) is 7.14. The van der Waals surface area contributed by atoms with E-state index < -0.39 is 0 Å². The largest absolute Gasteiger partial charge is 0.392 e. The maximum atomic E-state index is 8.92. The molecule has 0 aromatic carbocycles. The van der Waals surface area contributed by atoms with E-state index >= 15 is 0 Å². The summed E-state index contributed by atoms with van der Waals surface area (Å²) in [6.45, 7) is 4.04. The molecule has 5 heteroatoms. The van der Waals surface area contributed by atoms with Crippen LogP contribution in [0.5, 0.6) is 0 Å². The summed E-state index contributed by atoms with van der Waals surface area (Å²) < 4.78 is 1.88. The zero-order valence-corrected chi connectivity index (χ0v) is 7.14. The van der Waals surface area contributed by atoms with Crippen molar-refractivity contribution in [1.82, 2.24) is 20.1 Å². The number of aromatic nitrogens is 3. The van der Waals surface area contributed by atoms with E-state index in [1.54, 1.807) is 19.6 Å². The Morgan fingerprint density at radius 1 is 1.50 bits per heavy atom. The van der Waals surface area contributed by atoms with E-state index in [0.717, 1.165) is 13.1 Å². The summed E-state index contributed by atoms with van der Waals surface area (Å²) in [5.41, 5.74) is 0. The lowest BCUT2D eigenvalue weighted by molar-refractivity contribution is 0.191. The molecule has 0 aliphatic heterocycles. The third-order valence-corrected chi connectivity index (χ3v) is 1.45. The number of aliphatic hydroxyl groups excluding tert-OH is 1. The first-order valence-electron chi connectivity index (χ1n) is 4.00. The van der Waals surface area contributed by atoms with Crippen LogP contribution in [0.15, 0.2) is 12.7 Å². The van der Waals surface area contributed by atoms with Crippen molar-refractivity contribution in [2.24, 2.45) is 0 Å². The van der Waals surface area contributed by atoms with E-state index in [-0.39, 0.29) is 6.10 Å². The second-order valence-electron chi connectivity index (χ2n) is 2.75. The van der Waals surface area contributed by atoms with Crippen molar-refractivity contribution in [2.75, 3.05) is 13.1 Å². The minimum absolute atomic E-state index is 0.286. The van der Waals surface area contributed by atoms with Crippen molar-refractivity contribution >= 4 is 0 Å². The fourth-order valence-corrected chi connectivity index (χ4v) is 0.857. The highest BCUT2D eigenvalue weighted by molar-refractivity contribution is 4.61. The number of nitrogens with one attached hydrogen (secondary N) is 1. The third kappa shape index (κ3) is 3.45. The van der Waals surface area contributed by atoms with Crippen molar-refractivity contribution in [3.05, 3.63) is 12.7 Å². The molecule has 1 unspecified atom stereocenters. The second kappa shape index (κ2) is 4.84. The van der Waals surface area contributed by atoms with Crippen LogP contribution in [0.25, 0.3) is 0 Å². The number of rotatable bonds is 5. The average molecular weight is 170 g/mol. The Kier molecular flexibility index (Phi) is 3.69. The Labute approximate surface area is 71.4 Å². The van der Waals surface area contributed by atoms with Gasteiger partial charge in [0.25, 0.3) is 0 Å². The summed E-state index contributed by atoms with van der Waals surface area (Å²) in [5, 5.41) is 19.4. The first-order chi connectivity index (χ1) is 5.79. The van der Waals surface area contributed by atoms with Crippen molar-refractivity contribution in [1.29, 1.82) is 0 Å². The molecule has 1 atom stereocenters. The SMILES string of the molecule is CC(O)CNCCn1cnnc1.